The lowest BCUT2D eigenvalue weighted by Crippen LogP contribution is -2.13. The maximum Gasteiger partial charge on any atom is 0.127 e. The molecule has 0 aliphatic heterocycles. The van der Waals surface area contributed by atoms with Crippen molar-refractivity contribution in [2.45, 2.75) is 25.8 Å². The SMILES string of the molecule is C[C@H](Cc1cnc[nH]1)N=C(Cc1ccccc1)c1ccc(F)cc1O. The number of halogens is 1. The number of aromatic amines is 1. The minimum absolute atomic E-state index is 0.0105. The van der Waals surface area contributed by atoms with E-state index < -0.39 is 5.82 Å². The van der Waals surface area contributed by atoms with Crippen molar-refractivity contribution in [3.8, 4) is 5.75 Å². The average Bonchev–Trinajstić information content (AvgIpc) is 3.08. The van der Waals surface area contributed by atoms with E-state index in [1.165, 1.54) is 6.07 Å². The molecule has 0 bridgehead atoms. The summed E-state index contributed by atoms with van der Waals surface area (Å²) in [7, 11) is 0. The Bertz CT molecular complexity index is 845. The highest BCUT2D eigenvalue weighted by Crippen LogP contribution is 2.22. The average molecular weight is 337 g/mol. The molecule has 0 radical (unpaired) electrons. The first-order chi connectivity index (χ1) is 12.1. The lowest BCUT2D eigenvalue weighted by atomic mass is 10.0. The van der Waals surface area contributed by atoms with Crippen molar-refractivity contribution in [2.24, 2.45) is 4.99 Å². The van der Waals surface area contributed by atoms with Crippen LogP contribution in [0.25, 0.3) is 0 Å². The van der Waals surface area contributed by atoms with Crippen LogP contribution in [0.5, 0.6) is 5.75 Å². The molecule has 3 rings (SSSR count). The van der Waals surface area contributed by atoms with Gasteiger partial charge in [-0.2, -0.15) is 0 Å². The Hall–Kier alpha value is -2.95. The molecule has 0 aliphatic rings. The van der Waals surface area contributed by atoms with Crippen LogP contribution in [-0.2, 0) is 12.8 Å². The molecule has 1 heterocycles. The zero-order valence-electron chi connectivity index (χ0n) is 14.0. The molecule has 2 aromatic carbocycles. The van der Waals surface area contributed by atoms with Crippen LogP contribution in [0.2, 0.25) is 0 Å². The highest BCUT2D eigenvalue weighted by Gasteiger charge is 2.13. The summed E-state index contributed by atoms with van der Waals surface area (Å²) in [5.74, 6) is -0.561. The number of imidazole rings is 1. The number of nitrogens with zero attached hydrogens (tertiary/aromatic N) is 2. The lowest BCUT2D eigenvalue weighted by Gasteiger charge is -2.13. The molecule has 0 spiro atoms. The first kappa shape index (κ1) is 16.9. The molecule has 25 heavy (non-hydrogen) atoms. The quantitative estimate of drug-likeness (QED) is 0.670. The molecule has 0 saturated carbocycles. The van der Waals surface area contributed by atoms with Gasteiger partial charge in [-0.25, -0.2) is 9.37 Å². The number of H-pyrrole nitrogens is 1. The number of aromatic nitrogens is 2. The topological polar surface area (TPSA) is 61.3 Å². The highest BCUT2D eigenvalue weighted by atomic mass is 19.1. The number of hydrogen-bond acceptors (Lipinski definition) is 3. The number of phenols is 1. The third-order valence-corrected chi connectivity index (χ3v) is 3.93. The summed E-state index contributed by atoms with van der Waals surface area (Å²) in [6, 6.07) is 13.9. The minimum atomic E-state index is -0.467. The van der Waals surface area contributed by atoms with Gasteiger partial charge in [-0.1, -0.05) is 30.3 Å². The fourth-order valence-corrected chi connectivity index (χ4v) is 2.77. The third kappa shape index (κ3) is 4.53. The van der Waals surface area contributed by atoms with Crippen LogP contribution >= 0.6 is 0 Å². The number of phenolic OH excluding ortho intramolecular Hbond substituents is 1. The van der Waals surface area contributed by atoms with E-state index in [9.17, 15) is 9.50 Å². The van der Waals surface area contributed by atoms with Crippen LogP contribution in [-0.4, -0.2) is 26.8 Å². The summed E-state index contributed by atoms with van der Waals surface area (Å²) in [6.45, 7) is 2.01. The molecule has 4 nitrogen and oxygen atoms in total. The number of benzene rings is 2. The van der Waals surface area contributed by atoms with Gasteiger partial charge in [-0.3, -0.25) is 4.99 Å². The Labute approximate surface area is 146 Å². The second-order valence-corrected chi connectivity index (χ2v) is 6.03. The lowest BCUT2D eigenvalue weighted by molar-refractivity contribution is 0.467. The van der Waals surface area contributed by atoms with E-state index in [4.69, 9.17) is 4.99 Å². The predicted molar refractivity (Wildman–Crippen MR) is 96.5 cm³/mol. The molecule has 0 aliphatic carbocycles. The summed E-state index contributed by atoms with van der Waals surface area (Å²) in [5, 5.41) is 10.2. The van der Waals surface area contributed by atoms with Crippen LogP contribution in [0.3, 0.4) is 0 Å². The Kier molecular flexibility index (Phi) is 5.23. The molecule has 1 aromatic heterocycles. The van der Waals surface area contributed by atoms with Crippen molar-refractivity contribution >= 4 is 5.71 Å². The van der Waals surface area contributed by atoms with Gasteiger partial charge in [0.05, 0.1) is 18.1 Å². The zero-order valence-corrected chi connectivity index (χ0v) is 14.0. The number of aliphatic imine (C=N–C) groups is 1. The number of rotatable bonds is 6. The second-order valence-electron chi connectivity index (χ2n) is 6.03. The molecule has 2 N–H and O–H groups in total. The summed E-state index contributed by atoms with van der Waals surface area (Å²) in [5.41, 5.74) is 3.37. The van der Waals surface area contributed by atoms with E-state index in [1.807, 2.05) is 37.3 Å². The smallest absolute Gasteiger partial charge is 0.127 e. The third-order valence-electron chi connectivity index (χ3n) is 3.93. The highest BCUT2D eigenvalue weighted by molar-refractivity contribution is 6.04. The molecule has 0 amide bonds. The maximum atomic E-state index is 13.3. The van der Waals surface area contributed by atoms with E-state index in [-0.39, 0.29) is 11.8 Å². The Morgan fingerprint density at radius 2 is 2.04 bits per heavy atom. The zero-order chi connectivity index (χ0) is 17.6. The fraction of sp³-hybridized carbons (Fsp3) is 0.200. The first-order valence-corrected chi connectivity index (χ1v) is 8.18. The van der Waals surface area contributed by atoms with Gasteiger partial charge in [0.15, 0.2) is 0 Å². The number of aromatic hydroxyl groups is 1. The molecular formula is C20H20FN3O. The van der Waals surface area contributed by atoms with E-state index in [2.05, 4.69) is 9.97 Å². The van der Waals surface area contributed by atoms with Gasteiger partial charge in [0.2, 0.25) is 0 Å². The molecule has 1 atom stereocenters. The summed E-state index contributed by atoms with van der Waals surface area (Å²) < 4.78 is 13.3. The van der Waals surface area contributed by atoms with Crippen LogP contribution in [0.1, 0.15) is 23.7 Å². The molecule has 0 fully saturated rings. The van der Waals surface area contributed by atoms with E-state index in [0.717, 1.165) is 23.0 Å². The van der Waals surface area contributed by atoms with Crippen molar-refractivity contribution in [3.05, 3.63) is 83.7 Å². The number of hydrogen-bond donors (Lipinski definition) is 2. The van der Waals surface area contributed by atoms with Crippen molar-refractivity contribution in [1.82, 2.24) is 9.97 Å². The van der Waals surface area contributed by atoms with Gasteiger partial charge >= 0.3 is 0 Å². The largest absolute Gasteiger partial charge is 0.507 e. The Morgan fingerprint density at radius 3 is 2.72 bits per heavy atom. The van der Waals surface area contributed by atoms with Gasteiger partial charge in [-0.05, 0) is 24.6 Å². The predicted octanol–water partition coefficient (Wildman–Crippen LogP) is 3.92. The molecule has 0 saturated heterocycles. The minimum Gasteiger partial charge on any atom is -0.507 e. The summed E-state index contributed by atoms with van der Waals surface area (Å²) in [6.07, 6.45) is 4.69. The molecule has 128 valence electrons. The second kappa shape index (κ2) is 7.75. The van der Waals surface area contributed by atoms with Crippen LogP contribution < -0.4 is 0 Å². The van der Waals surface area contributed by atoms with E-state index >= 15 is 0 Å². The number of nitrogens with one attached hydrogen (secondary N) is 1. The molecule has 3 aromatic rings. The first-order valence-electron chi connectivity index (χ1n) is 8.18. The van der Waals surface area contributed by atoms with Crippen molar-refractivity contribution < 1.29 is 9.50 Å². The van der Waals surface area contributed by atoms with Crippen LogP contribution in [0.4, 0.5) is 4.39 Å². The van der Waals surface area contributed by atoms with Crippen molar-refractivity contribution in [3.63, 3.8) is 0 Å². The Morgan fingerprint density at radius 1 is 1.24 bits per heavy atom. The van der Waals surface area contributed by atoms with Gasteiger partial charge in [0, 0.05) is 36.4 Å². The van der Waals surface area contributed by atoms with E-state index in [0.29, 0.717) is 18.4 Å². The Balaban J connectivity index is 1.91. The molecule has 5 heteroatoms. The maximum absolute atomic E-state index is 13.3. The standard InChI is InChI=1S/C20H20FN3O/c1-14(9-17-12-22-13-23-17)24-19(10-15-5-3-2-4-6-15)18-8-7-16(21)11-20(18)25/h2-8,11-14,25H,9-10H2,1H3,(H,22,23)/t14-/m1/s1. The van der Waals surface area contributed by atoms with Gasteiger partial charge in [0.25, 0.3) is 0 Å². The van der Waals surface area contributed by atoms with Crippen molar-refractivity contribution in [2.75, 3.05) is 0 Å². The van der Waals surface area contributed by atoms with Gasteiger partial charge in [-0.15, -0.1) is 0 Å². The fourth-order valence-electron chi connectivity index (χ4n) is 2.77. The summed E-state index contributed by atoms with van der Waals surface area (Å²) >= 11 is 0. The summed E-state index contributed by atoms with van der Waals surface area (Å²) in [4.78, 5) is 11.9. The van der Waals surface area contributed by atoms with Gasteiger partial charge < -0.3 is 10.1 Å². The molecular weight excluding hydrogens is 317 g/mol. The molecule has 0 unspecified atom stereocenters. The monoisotopic (exact) mass is 337 g/mol. The van der Waals surface area contributed by atoms with E-state index in [1.54, 1.807) is 18.6 Å². The van der Waals surface area contributed by atoms with Gasteiger partial charge in [0.1, 0.15) is 11.6 Å². The van der Waals surface area contributed by atoms with Crippen LogP contribution in [0.15, 0.2) is 66.0 Å². The van der Waals surface area contributed by atoms with Crippen molar-refractivity contribution in [1.29, 1.82) is 0 Å². The van der Waals surface area contributed by atoms with Crippen LogP contribution in [0, 0.1) is 5.82 Å². The normalized spacial score (nSPS) is 13.0.